The Labute approximate surface area is 175 Å². The van der Waals surface area contributed by atoms with Gasteiger partial charge < -0.3 is 5.11 Å². The summed E-state index contributed by atoms with van der Waals surface area (Å²) >= 11 is 3.34. The van der Waals surface area contributed by atoms with Crippen molar-refractivity contribution in [1.82, 2.24) is 0 Å². The molecule has 1 aliphatic rings. The Morgan fingerprint density at radius 2 is 1.52 bits per heavy atom. The summed E-state index contributed by atoms with van der Waals surface area (Å²) in [6.07, 6.45) is 0. The highest BCUT2D eigenvalue weighted by molar-refractivity contribution is 9.10. The lowest BCUT2D eigenvalue weighted by atomic mass is 9.95. The van der Waals surface area contributed by atoms with E-state index in [1.54, 1.807) is 48.5 Å². The number of hydrogen-bond donors (Lipinski definition) is 1. The van der Waals surface area contributed by atoms with Crippen molar-refractivity contribution in [3.63, 3.8) is 0 Å². The van der Waals surface area contributed by atoms with Crippen LogP contribution in [0.2, 0.25) is 0 Å². The average molecular weight is 452 g/mol. The van der Waals surface area contributed by atoms with E-state index in [2.05, 4.69) is 15.9 Å². The number of anilines is 1. The van der Waals surface area contributed by atoms with Crippen LogP contribution in [0.25, 0.3) is 5.76 Å². The molecule has 1 saturated heterocycles. The molecule has 3 aromatic carbocycles. The van der Waals surface area contributed by atoms with Gasteiger partial charge in [0.2, 0.25) is 0 Å². The van der Waals surface area contributed by atoms with Crippen molar-refractivity contribution in [2.75, 3.05) is 4.90 Å². The van der Waals surface area contributed by atoms with Crippen molar-refractivity contribution >= 4 is 39.1 Å². The predicted molar refractivity (Wildman–Crippen MR) is 112 cm³/mol. The van der Waals surface area contributed by atoms with Crippen molar-refractivity contribution in [2.45, 2.75) is 6.04 Å². The van der Waals surface area contributed by atoms with Gasteiger partial charge in [0, 0.05) is 15.7 Å². The van der Waals surface area contributed by atoms with Gasteiger partial charge in [-0.3, -0.25) is 14.5 Å². The third-order valence-electron chi connectivity index (χ3n) is 4.78. The smallest absolute Gasteiger partial charge is 0.300 e. The quantitative estimate of drug-likeness (QED) is 0.337. The maximum absolute atomic E-state index is 13.4. The van der Waals surface area contributed by atoms with Crippen molar-refractivity contribution < 1.29 is 19.1 Å². The Bertz CT molecular complexity index is 1110. The minimum absolute atomic E-state index is 0.00662. The number of rotatable bonds is 3. The normalized spacial score (nSPS) is 18.3. The molecule has 1 heterocycles. The van der Waals surface area contributed by atoms with Crippen molar-refractivity contribution in [3.8, 4) is 0 Å². The first kappa shape index (κ1) is 19.1. The topological polar surface area (TPSA) is 57.6 Å². The first-order valence-corrected chi connectivity index (χ1v) is 9.64. The summed E-state index contributed by atoms with van der Waals surface area (Å²) in [5.41, 5.74) is 1.45. The third-order valence-corrected chi connectivity index (χ3v) is 5.31. The van der Waals surface area contributed by atoms with E-state index >= 15 is 0 Å². The fourth-order valence-electron chi connectivity index (χ4n) is 3.41. The molecule has 29 heavy (non-hydrogen) atoms. The van der Waals surface area contributed by atoms with Gasteiger partial charge in [0.15, 0.2) is 0 Å². The van der Waals surface area contributed by atoms with E-state index in [1.165, 1.54) is 29.2 Å². The van der Waals surface area contributed by atoms with Crippen molar-refractivity contribution in [2.24, 2.45) is 0 Å². The number of hydrogen-bond acceptors (Lipinski definition) is 3. The summed E-state index contributed by atoms with van der Waals surface area (Å²) in [5, 5.41) is 10.9. The highest BCUT2D eigenvalue weighted by Crippen LogP contribution is 2.42. The van der Waals surface area contributed by atoms with Crippen LogP contribution in [-0.2, 0) is 9.59 Å². The van der Waals surface area contributed by atoms with Crippen LogP contribution >= 0.6 is 15.9 Å². The van der Waals surface area contributed by atoms with Crippen LogP contribution in [0.5, 0.6) is 0 Å². The van der Waals surface area contributed by atoms with Gasteiger partial charge in [-0.2, -0.15) is 0 Å². The molecule has 0 bridgehead atoms. The van der Waals surface area contributed by atoms with E-state index in [9.17, 15) is 19.1 Å². The first-order valence-electron chi connectivity index (χ1n) is 8.85. The van der Waals surface area contributed by atoms with Gasteiger partial charge in [-0.05, 0) is 42.0 Å². The largest absolute Gasteiger partial charge is 0.507 e. The maximum atomic E-state index is 13.4. The average Bonchev–Trinajstić information content (AvgIpc) is 3.00. The fraction of sp³-hybridized carbons (Fsp3) is 0.0435. The summed E-state index contributed by atoms with van der Waals surface area (Å²) in [6, 6.07) is 20.3. The predicted octanol–water partition coefficient (Wildman–Crippen LogP) is 5.21. The van der Waals surface area contributed by atoms with Gasteiger partial charge in [0.05, 0.1) is 11.6 Å². The molecule has 144 valence electrons. The fourth-order valence-corrected chi connectivity index (χ4v) is 3.68. The monoisotopic (exact) mass is 451 g/mol. The van der Waals surface area contributed by atoms with Crippen LogP contribution < -0.4 is 4.90 Å². The van der Waals surface area contributed by atoms with Gasteiger partial charge >= 0.3 is 0 Å². The molecule has 3 aromatic rings. The lowest BCUT2D eigenvalue weighted by Gasteiger charge is -2.25. The zero-order valence-corrected chi connectivity index (χ0v) is 16.6. The number of benzene rings is 3. The molecular weight excluding hydrogens is 437 g/mol. The zero-order chi connectivity index (χ0) is 20.5. The molecule has 6 heteroatoms. The molecule has 4 nitrogen and oxygen atoms in total. The molecule has 4 rings (SSSR count). The second kappa shape index (κ2) is 7.64. The van der Waals surface area contributed by atoms with Gasteiger partial charge in [-0.1, -0.05) is 58.4 Å². The summed E-state index contributed by atoms with van der Waals surface area (Å²) in [7, 11) is 0. The third kappa shape index (κ3) is 3.47. The number of aliphatic hydroxyl groups excluding tert-OH is 1. The summed E-state index contributed by atoms with van der Waals surface area (Å²) in [5.74, 6) is -2.27. The van der Waals surface area contributed by atoms with Crippen LogP contribution in [0.15, 0.2) is 88.9 Å². The van der Waals surface area contributed by atoms with Crippen LogP contribution in [-0.4, -0.2) is 16.8 Å². The number of halogens is 2. The Balaban J connectivity index is 1.93. The lowest BCUT2D eigenvalue weighted by Crippen LogP contribution is -2.29. The van der Waals surface area contributed by atoms with E-state index in [-0.39, 0.29) is 11.3 Å². The number of Topliss-reactive ketones (excluding diaryl/α,β-unsaturated/α-hetero) is 1. The van der Waals surface area contributed by atoms with E-state index in [0.29, 0.717) is 16.8 Å². The van der Waals surface area contributed by atoms with Gasteiger partial charge in [-0.25, -0.2) is 4.39 Å². The van der Waals surface area contributed by atoms with E-state index in [1.807, 2.05) is 6.07 Å². The highest BCUT2D eigenvalue weighted by atomic mass is 79.9. The van der Waals surface area contributed by atoms with Crippen LogP contribution in [0, 0.1) is 5.82 Å². The minimum atomic E-state index is -0.828. The maximum Gasteiger partial charge on any atom is 0.300 e. The number of carbonyl (C=O) groups excluding carboxylic acids is 2. The molecule has 0 saturated carbocycles. The molecule has 1 atom stereocenters. The number of nitrogens with zero attached hydrogens (tertiary/aromatic N) is 1. The van der Waals surface area contributed by atoms with E-state index in [4.69, 9.17) is 0 Å². The van der Waals surface area contributed by atoms with E-state index in [0.717, 1.165) is 4.47 Å². The minimum Gasteiger partial charge on any atom is -0.507 e. The van der Waals surface area contributed by atoms with Gasteiger partial charge in [0.1, 0.15) is 11.6 Å². The molecule has 0 aromatic heterocycles. The lowest BCUT2D eigenvalue weighted by molar-refractivity contribution is -0.132. The van der Waals surface area contributed by atoms with E-state index < -0.39 is 23.5 Å². The summed E-state index contributed by atoms with van der Waals surface area (Å²) < 4.78 is 14.2. The van der Waals surface area contributed by atoms with Gasteiger partial charge in [0.25, 0.3) is 11.7 Å². The second-order valence-electron chi connectivity index (χ2n) is 6.56. The molecule has 1 unspecified atom stereocenters. The van der Waals surface area contributed by atoms with Crippen LogP contribution in [0.4, 0.5) is 10.1 Å². The van der Waals surface area contributed by atoms with Crippen molar-refractivity contribution in [3.05, 3.63) is 106 Å². The molecule has 0 spiro atoms. The Kier molecular flexibility index (Phi) is 5.03. The van der Waals surface area contributed by atoms with Gasteiger partial charge in [-0.15, -0.1) is 0 Å². The number of aliphatic hydroxyl groups is 1. The second-order valence-corrected chi connectivity index (χ2v) is 7.48. The molecule has 1 amide bonds. The molecule has 1 aliphatic heterocycles. The number of carbonyl (C=O) groups is 2. The highest BCUT2D eigenvalue weighted by Gasteiger charge is 2.46. The molecular formula is C23H15BrFNO3. The Morgan fingerprint density at radius 1 is 0.897 bits per heavy atom. The SMILES string of the molecule is O=C1C(=O)N(c2ccc(F)cc2)C(c2ccccc2)/C1=C(\O)c1ccc(Br)cc1. The van der Waals surface area contributed by atoms with Crippen LogP contribution in [0.3, 0.4) is 0 Å². The Hall–Kier alpha value is -3.25. The zero-order valence-electron chi connectivity index (χ0n) is 15.0. The van der Waals surface area contributed by atoms with Crippen LogP contribution in [0.1, 0.15) is 17.2 Å². The summed E-state index contributed by atoms with van der Waals surface area (Å²) in [4.78, 5) is 27.1. The first-order chi connectivity index (χ1) is 14.0. The molecule has 0 radical (unpaired) electrons. The molecule has 1 N–H and O–H groups in total. The standard InChI is InChI=1S/C23H15BrFNO3/c24-16-8-6-15(7-9-16)21(27)19-20(14-4-2-1-3-5-14)26(23(29)22(19)28)18-12-10-17(25)11-13-18/h1-13,20,27H/b21-19+. The summed E-state index contributed by atoms with van der Waals surface area (Å²) in [6.45, 7) is 0. The molecule has 1 fully saturated rings. The van der Waals surface area contributed by atoms with Crippen molar-refractivity contribution in [1.29, 1.82) is 0 Å². The number of ketones is 1. The number of amides is 1. The molecule has 0 aliphatic carbocycles. The Morgan fingerprint density at radius 3 is 2.14 bits per heavy atom.